The van der Waals surface area contributed by atoms with Gasteiger partial charge in [0.1, 0.15) is 6.04 Å². The fraction of sp³-hybridized carbons (Fsp3) is 0.304. The minimum Gasteiger partial charge on any atom is -0.480 e. The van der Waals surface area contributed by atoms with Crippen molar-refractivity contribution in [2.45, 2.75) is 12.6 Å². The highest BCUT2D eigenvalue weighted by atomic mass is 16.4. The molecule has 0 spiro atoms. The normalized spacial score (nSPS) is 16.6. The molecule has 2 N–H and O–H groups in total. The molecule has 1 fully saturated rings. The molecule has 0 aliphatic carbocycles. The molecule has 2 heterocycles. The maximum absolute atomic E-state index is 12.3. The van der Waals surface area contributed by atoms with Crippen LogP contribution in [0.5, 0.6) is 0 Å². The van der Waals surface area contributed by atoms with Crippen LogP contribution in [0, 0.1) is 0 Å². The van der Waals surface area contributed by atoms with Crippen LogP contribution < -0.4 is 0 Å². The zero-order valence-corrected chi connectivity index (χ0v) is 16.9. The molecule has 30 heavy (non-hydrogen) atoms. The van der Waals surface area contributed by atoms with Crippen LogP contribution in [0.1, 0.15) is 27.5 Å². The Morgan fingerprint density at radius 3 is 2.33 bits per heavy atom. The predicted octanol–water partition coefficient (Wildman–Crippen LogP) is 2.82. The highest BCUT2D eigenvalue weighted by Gasteiger charge is 2.32. The lowest BCUT2D eigenvalue weighted by atomic mass is 10.0. The van der Waals surface area contributed by atoms with E-state index in [0.717, 1.165) is 25.2 Å². The monoisotopic (exact) mass is 407 g/mol. The molecule has 156 valence electrons. The van der Waals surface area contributed by atoms with Gasteiger partial charge in [0.05, 0.1) is 5.56 Å². The first kappa shape index (κ1) is 20.1. The topological polar surface area (TPSA) is 86.0 Å². The van der Waals surface area contributed by atoms with Crippen molar-refractivity contribution in [3.05, 3.63) is 71.4 Å². The van der Waals surface area contributed by atoms with Crippen LogP contribution in [0.2, 0.25) is 0 Å². The smallest absolute Gasteiger partial charge is 0.335 e. The molecule has 3 aromatic rings. The van der Waals surface area contributed by atoms with Crippen molar-refractivity contribution in [2.24, 2.45) is 7.05 Å². The minimum absolute atomic E-state index is 0.159. The molecule has 1 saturated heterocycles. The summed E-state index contributed by atoms with van der Waals surface area (Å²) in [5, 5.41) is 20.1. The predicted molar refractivity (Wildman–Crippen MR) is 114 cm³/mol. The molecule has 1 aromatic heterocycles. The van der Waals surface area contributed by atoms with Gasteiger partial charge in [0, 0.05) is 62.4 Å². The first-order valence-electron chi connectivity index (χ1n) is 9.99. The summed E-state index contributed by atoms with van der Waals surface area (Å²) in [4.78, 5) is 28.0. The summed E-state index contributed by atoms with van der Waals surface area (Å²) < 4.78 is 1.86. The molecule has 0 radical (unpaired) electrons. The van der Waals surface area contributed by atoms with Gasteiger partial charge in [-0.15, -0.1) is 0 Å². The van der Waals surface area contributed by atoms with Gasteiger partial charge in [0.15, 0.2) is 0 Å². The van der Waals surface area contributed by atoms with Crippen molar-refractivity contribution in [3.8, 4) is 0 Å². The zero-order chi connectivity index (χ0) is 21.3. The van der Waals surface area contributed by atoms with Crippen molar-refractivity contribution >= 4 is 22.8 Å². The minimum atomic E-state index is -1.02. The Morgan fingerprint density at radius 1 is 1.00 bits per heavy atom. The quantitative estimate of drug-likeness (QED) is 0.654. The Labute approximate surface area is 174 Å². The summed E-state index contributed by atoms with van der Waals surface area (Å²) in [5.41, 5.74) is 2.87. The number of rotatable bonds is 6. The SMILES string of the molecule is Cn1cc(C(C(=O)O)N2CCN(Cc3ccccc3)CC2)c2cc(C(=O)O)ccc21. The number of hydrogen-bond acceptors (Lipinski definition) is 4. The summed E-state index contributed by atoms with van der Waals surface area (Å²) in [6, 6.07) is 14.3. The van der Waals surface area contributed by atoms with Crippen LogP contribution >= 0.6 is 0 Å². The summed E-state index contributed by atoms with van der Waals surface area (Å²) in [6.07, 6.45) is 1.81. The molecule has 1 aliphatic heterocycles. The fourth-order valence-corrected chi connectivity index (χ4v) is 4.28. The van der Waals surface area contributed by atoms with Gasteiger partial charge in [-0.1, -0.05) is 30.3 Å². The third-order valence-electron chi connectivity index (χ3n) is 5.82. The number of aliphatic carboxylic acids is 1. The van der Waals surface area contributed by atoms with Gasteiger partial charge in [-0.2, -0.15) is 0 Å². The van der Waals surface area contributed by atoms with Crippen molar-refractivity contribution in [3.63, 3.8) is 0 Å². The fourth-order valence-electron chi connectivity index (χ4n) is 4.28. The number of benzene rings is 2. The van der Waals surface area contributed by atoms with Gasteiger partial charge in [-0.3, -0.25) is 14.6 Å². The van der Waals surface area contributed by atoms with Gasteiger partial charge < -0.3 is 14.8 Å². The van der Waals surface area contributed by atoms with E-state index in [0.29, 0.717) is 24.0 Å². The van der Waals surface area contributed by atoms with E-state index in [9.17, 15) is 19.8 Å². The largest absolute Gasteiger partial charge is 0.480 e. The molecule has 2 aromatic carbocycles. The van der Waals surface area contributed by atoms with E-state index < -0.39 is 18.0 Å². The Bertz CT molecular complexity index is 1070. The maximum Gasteiger partial charge on any atom is 0.335 e. The molecular formula is C23H25N3O4. The van der Waals surface area contributed by atoms with Gasteiger partial charge in [0.2, 0.25) is 0 Å². The van der Waals surface area contributed by atoms with E-state index in [1.54, 1.807) is 18.2 Å². The lowest BCUT2D eigenvalue weighted by Gasteiger charge is -2.37. The molecule has 1 atom stereocenters. The highest BCUT2D eigenvalue weighted by molar-refractivity contribution is 5.96. The number of fused-ring (bicyclic) bond motifs is 1. The number of aromatic nitrogens is 1. The molecule has 0 amide bonds. The summed E-state index contributed by atoms with van der Waals surface area (Å²) in [7, 11) is 1.85. The van der Waals surface area contributed by atoms with E-state index in [2.05, 4.69) is 17.0 Å². The van der Waals surface area contributed by atoms with Crippen LogP contribution in [0.4, 0.5) is 0 Å². The maximum atomic E-state index is 12.3. The molecule has 0 bridgehead atoms. The number of carboxylic acid groups (broad SMARTS) is 2. The Balaban J connectivity index is 1.57. The second-order valence-corrected chi connectivity index (χ2v) is 7.77. The van der Waals surface area contributed by atoms with Crippen LogP contribution in [-0.4, -0.2) is 62.7 Å². The zero-order valence-electron chi connectivity index (χ0n) is 16.9. The summed E-state index contributed by atoms with van der Waals surface area (Å²) in [5.74, 6) is -1.94. The van der Waals surface area contributed by atoms with Crippen molar-refractivity contribution < 1.29 is 19.8 Å². The first-order valence-corrected chi connectivity index (χ1v) is 9.99. The van der Waals surface area contributed by atoms with E-state index in [4.69, 9.17) is 0 Å². The standard InChI is InChI=1S/C23H25N3O4/c1-24-15-19(18-13-17(22(27)28)7-8-20(18)24)21(23(29)30)26-11-9-25(10-12-26)14-16-5-3-2-4-6-16/h2-8,13,15,21H,9-12,14H2,1H3,(H,27,28)(H,29,30). The number of carbonyl (C=O) groups is 2. The number of carboxylic acids is 2. The van der Waals surface area contributed by atoms with Gasteiger partial charge in [-0.05, 0) is 23.8 Å². The highest BCUT2D eigenvalue weighted by Crippen LogP contribution is 2.31. The molecule has 4 rings (SSSR count). The molecule has 1 aliphatic rings. The lowest BCUT2D eigenvalue weighted by molar-refractivity contribution is -0.144. The average molecular weight is 407 g/mol. The number of nitrogens with zero attached hydrogens (tertiary/aromatic N) is 3. The van der Waals surface area contributed by atoms with Gasteiger partial charge in [0.25, 0.3) is 0 Å². The average Bonchev–Trinajstić information content (AvgIpc) is 3.05. The van der Waals surface area contributed by atoms with Crippen molar-refractivity contribution in [1.29, 1.82) is 0 Å². The van der Waals surface area contributed by atoms with Gasteiger partial charge in [-0.25, -0.2) is 4.79 Å². The molecular weight excluding hydrogens is 382 g/mol. The molecule has 7 nitrogen and oxygen atoms in total. The van der Waals surface area contributed by atoms with E-state index >= 15 is 0 Å². The van der Waals surface area contributed by atoms with Crippen LogP contribution in [0.3, 0.4) is 0 Å². The number of aromatic carboxylic acids is 1. The van der Waals surface area contributed by atoms with Gasteiger partial charge >= 0.3 is 11.9 Å². The Kier molecular flexibility index (Phi) is 5.57. The summed E-state index contributed by atoms with van der Waals surface area (Å²) in [6.45, 7) is 3.69. The van der Waals surface area contributed by atoms with E-state index in [-0.39, 0.29) is 5.56 Å². The Hall–Kier alpha value is -3.16. The van der Waals surface area contributed by atoms with E-state index in [1.807, 2.05) is 40.9 Å². The number of hydrogen-bond donors (Lipinski definition) is 2. The molecule has 1 unspecified atom stereocenters. The third kappa shape index (κ3) is 3.94. The summed E-state index contributed by atoms with van der Waals surface area (Å²) >= 11 is 0. The van der Waals surface area contributed by atoms with Crippen LogP contribution in [0.15, 0.2) is 54.7 Å². The molecule has 0 saturated carbocycles. The number of aryl methyl sites for hydroxylation is 1. The molecule has 7 heteroatoms. The lowest BCUT2D eigenvalue weighted by Crippen LogP contribution is -2.48. The van der Waals surface area contributed by atoms with Crippen LogP contribution in [-0.2, 0) is 18.4 Å². The Morgan fingerprint density at radius 2 is 1.70 bits per heavy atom. The van der Waals surface area contributed by atoms with Crippen LogP contribution in [0.25, 0.3) is 10.9 Å². The first-order chi connectivity index (χ1) is 14.4. The van der Waals surface area contributed by atoms with E-state index in [1.165, 1.54) is 5.56 Å². The van der Waals surface area contributed by atoms with Crippen molar-refractivity contribution in [1.82, 2.24) is 14.4 Å². The second kappa shape index (κ2) is 8.30. The second-order valence-electron chi connectivity index (χ2n) is 7.77. The third-order valence-corrected chi connectivity index (χ3v) is 5.82. The van der Waals surface area contributed by atoms with Crippen molar-refractivity contribution in [2.75, 3.05) is 26.2 Å². The number of piperazine rings is 1.